The standard InChI is InChI=1S/C13H18FNO2/c1-9(13(16)17)10(2)15(3)8-11-6-4-5-7-12(11)14/h4-7,9-10H,8H2,1-3H3,(H,16,17). The van der Waals surface area contributed by atoms with Gasteiger partial charge in [0.05, 0.1) is 5.92 Å². The second-order valence-electron chi connectivity index (χ2n) is 4.37. The lowest BCUT2D eigenvalue weighted by Crippen LogP contribution is -2.37. The fourth-order valence-electron chi connectivity index (χ4n) is 1.63. The topological polar surface area (TPSA) is 40.5 Å². The third kappa shape index (κ3) is 3.53. The number of aliphatic carboxylic acids is 1. The van der Waals surface area contributed by atoms with E-state index >= 15 is 0 Å². The molecule has 1 N–H and O–H groups in total. The predicted octanol–water partition coefficient (Wildman–Crippen LogP) is 2.37. The molecule has 0 bridgehead atoms. The normalized spacial score (nSPS) is 14.6. The van der Waals surface area contributed by atoms with E-state index < -0.39 is 11.9 Å². The number of carboxylic acids is 1. The molecule has 1 aromatic carbocycles. The van der Waals surface area contributed by atoms with Gasteiger partial charge in [-0.1, -0.05) is 25.1 Å². The number of nitrogens with zero attached hydrogens (tertiary/aromatic N) is 1. The van der Waals surface area contributed by atoms with E-state index in [0.29, 0.717) is 12.1 Å². The Labute approximate surface area is 101 Å². The van der Waals surface area contributed by atoms with Crippen LogP contribution in [0.3, 0.4) is 0 Å². The lowest BCUT2D eigenvalue weighted by atomic mass is 10.0. The molecular formula is C13H18FNO2. The van der Waals surface area contributed by atoms with Gasteiger partial charge in [-0.15, -0.1) is 0 Å². The SMILES string of the molecule is CC(C(=O)O)C(C)N(C)Cc1ccccc1F. The van der Waals surface area contributed by atoms with Crippen LogP contribution in [0.25, 0.3) is 0 Å². The van der Waals surface area contributed by atoms with E-state index in [1.165, 1.54) is 6.07 Å². The molecule has 4 heteroatoms. The zero-order chi connectivity index (χ0) is 13.0. The summed E-state index contributed by atoms with van der Waals surface area (Å²) in [5.74, 6) is -1.57. The Balaban J connectivity index is 2.69. The first-order chi connectivity index (χ1) is 7.93. The summed E-state index contributed by atoms with van der Waals surface area (Å²) in [7, 11) is 1.80. The van der Waals surface area contributed by atoms with E-state index in [-0.39, 0.29) is 11.9 Å². The number of halogens is 1. The maximum absolute atomic E-state index is 13.4. The average Bonchev–Trinajstić information content (AvgIpc) is 2.30. The van der Waals surface area contributed by atoms with Gasteiger partial charge in [0, 0.05) is 18.2 Å². The summed E-state index contributed by atoms with van der Waals surface area (Å²) >= 11 is 0. The molecule has 1 aromatic rings. The van der Waals surface area contributed by atoms with Crippen LogP contribution in [0.5, 0.6) is 0 Å². The maximum Gasteiger partial charge on any atom is 0.307 e. The first kappa shape index (κ1) is 13.6. The van der Waals surface area contributed by atoms with Crippen molar-refractivity contribution in [3.05, 3.63) is 35.6 Å². The van der Waals surface area contributed by atoms with E-state index in [0.717, 1.165) is 0 Å². The molecule has 0 aliphatic heterocycles. The first-order valence-corrected chi connectivity index (χ1v) is 5.60. The monoisotopic (exact) mass is 239 g/mol. The minimum atomic E-state index is -0.835. The average molecular weight is 239 g/mol. The highest BCUT2D eigenvalue weighted by atomic mass is 19.1. The molecule has 0 radical (unpaired) electrons. The van der Waals surface area contributed by atoms with Gasteiger partial charge in [-0.2, -0.15) is 0 Å². The van der Waals surface area contributed by atoms with Crippen LogP contribution in [0.4, 0.5) is 4.39 Å². The van der Waals surface area contributed by atoms with Crippen LogP contribution in [-0.4, -0.2) is 29.1 Å². The molecule has 17 heavy (non-hydrogen) atoms. The summed E-state index contributed by atoms with van der Waals surface area (Å²) in [6, 6.07) is 6.39. The summed E-state index contributed by atoms with van der Waals surface area (Å²) in [5, 5.41) is 8.92. The molecule has 0 aliphatic rings. The Morgan fingerprint density at radius 3 is 2.53 bits per heavy atom. The Bertz CT molecular complexity index is 395. The quantitative estimate of drug-likeness (QED) is 0.857. The highest BCUT2D eigenvalue weighted by Crippen LogP contribution is 2.15. The summed E-state index contributed by atoms with van der Waals surface area (Å²) in [4.78, 5) is 12.7. The van der Waals surface area contributed by atoms with Crippen LogP contribution >= 0.6 is 0 Å². The molecule has 3 nitrogen and oxygen atoms in total. The summed E-state index contributed by atoms with van der Waals surface area (Å²) < 4.78 is 13.4. The van der Waals surface area contributed by atoms with E-state index in [1.54, 1.807) is 32.2 Å². The number of benzene rings is 1. The highest BCUT2D eigenvalue weighted by Gasteiger charge is 2.23. The second-order valence-corrected chi connectivity index (χ2v) is 4.37. The minimum Gasteiger partial charge on any atom is -0.481 e. The predicted molar refractivity (Wildman–Crippen MR) is 64.1 cm³/mol. The van der Waals surface area contributed by atoms with Gasteiger partial charge in [0.1, 0.15) is 5.82 Å². The second kappa shape index (κ2) is 5.77. The fourth-order valence-corrected chi connectivity index (χ4v) is 1.63. The lowest BCUT2D eigenvalue weighted by molar-refractivity contribution is -0.143. The van der Waals surface area contributed by atoms with Crippen molar-refractivity contribution in [1.29, 1.82) is 0 Å². The molecule has 1 rings (SSSR count). The lowest BCUT2D eigenvalue weighted by Gasteiger charge is -2.27. The third-order valence-electron chi connectivity index (χ3n) is 3.19. The molecule has 0 spiro atoms. The van der Waals surface area contributed by atoms with Crippen LogP contribution in [-0.2, 0) is 11.3 Å². The number of carbonyl (C=O) groups is 1. The molecule has 0 saturated carbocycles. The van der Waals surface area contributed by atoms with Gasteiger partial charge in [-0.05, 0) is 20.0 Å². The number of hydrogen-bond donors (Lipinski definition) is 1. The molecule has 0 aromatic heterocycles. The molecular weight excluding hydrogens is 221 g/mol. The molecule has 94 valence electrons. The van der Waals surface area contributed by atoms with Gasteiger partial charge in [-0.3, -0.25) is 9.69 Å². The molecule has 0 fully saturated rings. The molecule has 2 atom stereocenters. The summed E-state index contributed by atoms with van der Waals surface area (Å²) in [6.45, 7) is 3.90. The van der Waals surface area contributed by atoms with Crippen LogP contribution in [0, 0.1) is 11.7 Å². The number of rotatable bonds is 5. The Hall–Kier alpha value is -1.42. The van der Waals surface area contributed by atoms with Crippen molar-refractivity contribution >= 4 is 5.97 Å². The van der Waals surface area contributed by atoms with Gasteiger partial charge in [0.2, 0.25) is 0 Å². The van der Waals surface area contributed by atoms with Crippen LogP contribution in [0.1, 0.15) is 19.4 Å². The van der Waals surface area contributed by atoms with Gasteiger partial charge in [0.25, 0.3) is 0 Å². The Morgan fingerprint density at radius 2 is 2.00 bits per heavy atom. The van der Waals surface area contributed by atoms with Crippen LogP contribution in [0.15, 0.2) is 24.3 Å². The van der Waals surface area contributed by atoms with Crippen molar-refractivity contribution in [2.45, 2.75) is 26.4 Å². The van der Waals surface area contributed by atoms with Gasteiger partial charge in [-0.25, -0.2) is 4.39 Å². The molecule has 0 amide bonds. The first-order valence-electron chi connectivity index (χ1n) is 5.60. The zero-order valence-electron chi connectivity index (χ0n) is 10.4. The smallest absolute Gasteiger partial charge is 0.307 e. The summed E-state index contributed by atoms with van der Waals surface area (Å²) in [5.41, 5.74) is 0.583. The van der Waals surface area contributed by atoms with Crippen LogP contribution in [0.2, 0.25) is 0 Å². The Kier molecular flexibility index (Phi) is 4.63. The van der Waals surface area contributed by atoms with Gasteiger partial charge < -0.3 is 5.11 Å². The van der Waals surface area contributed by atoms with Crippen molar-refractivity contribution in [3.63, 3.8) is 0 Å². The van der Waals surface area contributed by atoms with E-state index in [1.807, 2.05) is 11.8 Å². The van der Waals surface area contributed by atoms with E-state index in [4.69, 9.17) is 5.11 Å². The van der Waals surface area contributed by atoms with Crippen LogP contribution < -0.4 is 0 Å². The van der Waals surface area contributed by atoms with Gasteiger partial charge >= 0.3 is 5.97 Å². The highest BCUT2D eigenvalue weighted by molar-refractivity contribution is 5.70. The number of hydrogen-bond acceptors (Lipinski definition) is 2. The van der Waals surface area contributed by atoms with E-state index in [9.17, 15) is 9.18 Å². The summed E-state index contributed by atoms with van der Waals surface area (Å²) in [6.07, 6.45) is 0. The molecule has 0 heterocycles. The molecule has 0 saturated heterocycles. The number of carboxylic acid groups (broad SMARTS) is 1. The fraction of sp³-hybridized carbons (Fsp3) is 0.462. The third-order valence-corrected chi connectivity index (χ3v) is 3.19. The van der Waals surface area contributed by atoms with Gasteiger partial charge in [0.15, 0.2) is 0 Å². The van der Waals surface area contributed by atoms with Crippen molar-refractivity contribution in [3.8, 4) is 0 Å². The zero-order valence-corrected chi connectivity index (χ0v) is 10.4. The van der Waals surface area contributed by atoms with Crippen molar-refractivity contribution in [2.24, 2.45) is 5.92 Å². The van der Waals surface area contributed by atoms with E-state index in [2.05, 4.69) is 0 Å². The van der Waals surface area contributed by atoms with Crippen molar-refractivity contribution in [1.82, 2.24) is 4.90 Å². The molecule has 2 unspecified atom stereocenters. The largest absolute Gasteiger partial charge is 0.481 e. The minimum absolute atomic E-state index is 0.146. The molecule has 0 aliphatic carbocycles. The van der Waals surface area contributed by atoms with Crippen molar-refractivity contribution in [2.75, 3.05) is 7.05 Å². The maximum atomic E-state index is 13.4. The van der Waals surface area contributed by atoms with Crippen molar-refractivity contribution < 1.29 is 14.3 Å². The Morgan fingerprint density at radius 1 is 1.41 bits per heavy atom.